The third-order valence-corrected chi connectivity index (χ3v) is 20.2. The molecule has 0 spiro atoms. The van der Waals surface area contributed by atoms with Crippen LogP contribution in [0.25, 0.3) is 16.0 Å². The number of aliphatic imine (C=N–C) groups is 3. The van der Waals surface area contributed by atoms with Crippen molar-refractivity contribution in [1.29, 1.82) is 0 Å². The Morgan fingerprint density at radius 2 is 0.752 bits per heavy atom. The van der Waals surface area contributed by atoms with Gasteiger partial charge in [-0.25, -0.2) is 9.59 Å². The molecule has 3 N–H and O–H groups in total. The van der Waals surface area contributed by atoms with E-state index in [1.165, 1.54) is 29.5 Å². The monoisotopic (exact) mass is 1700 g/mol. The molecule has 4 fully saturated rings. The summed E-state index contributed by atoms with van der Waals surface area (Å²) in [5.41, 5.74) is 9.57. The van der Waals surface area contributed by atoms with Crippen LogP contribution in [0.1, 0.15) is 141 Å². The molecule has 3 amide bonds. The standard InChI is InChI=1S/C32H35N3O3.C31H31N3O3.C27H27N3O3.C6H12.3Ni/c1-2-3-6-20-28(32(37)38)33-30(25-16-9-5-10-17-25)26-18-11-12-19-27(26)34-31(36)29-21-13-22-35(29)23-24-14-7-4-8-15-24;1-2-24-20-31(24,30(36)37)33-28(23-14-7-4-8-15-23)25-16-9-10-17-26(25)32-29(35)27-18-11-19-34(27)21-22-12-5-3-6-13-22;31-25(32)18-28-26(21-12-5-2-6-13-21)22-14-7-8-15-23(22)29-27(33)24-16-9-17-30(24)19-20-10-3-1-4-11-20;1-3-5-6-4-2;;;/h3-12,14-19,28-29H,2,13,20-23H2,1H3,(H2,33,34,36,37,38);2-10,12-17,24,27H,1,11,18-21H2,(H2,32,33,35,36,37);1-8,10-15,24H,9,16-19H2,(H2,28,29,31,32,33);5-6H,3-4H2,1-2H3;;;/p-3/b6-3+;;;6-5+;;;/t28-,29?;24-,27?,31-;;;;;/m11...../s1. The van der Waals surface area contributed by atoms with Gasteiger partial charge in [-0.1, -0.05) is 306 Å². The van der Waals surface area contributed by atoms with Crippen molar-refractivity contribution in [3.63, 3.8) is 0 Å². The van der Waals surface area contributed by atoms with E-state index in [0.29, 0.717) is 76.9 Å². The second-order valence-corrected chi connectivity index (χ2v) is 28.4. The van der Waals surface area contributed by atoms with E-state index in [9.17, 15) is 44.1 Å². The molecule has 4 aliphatic rings. The van der Waals surface area contributed by atoms with E-state index in [0.717, 1.165) is 81.3 Å². The van der Waals surface area contributed by atoms with Crippen LogP contribution < -0.4 is 0 Å². The summed E-state index contributed by atoms with van der Waals surface area (Å²) in [6, 6.07) is 79.0. The zero-order valence-electron chi connectivity index (χ0n) is 66.2. The molecule has 9 aromatic carbocycles. The molecule has 6 atom stereocenters. The van der Waals surface area contributed by atoms with Crippen molar-refractivity contribution in [2.75, 3.05) is 26.2 Å². The van der Waals surface area contributed by atoms with Crippen LogP contribution in [0.3, 0.4) is 0 Å². The third-order valence-electron chi connectivity index (χ3n) is 20.2. The molecular formula is C96H102N9Ni3O9-3. The van der Waals surface area contributed by atoms with Crippen LogP contribution in [-0.2, 0) is 97.9 Å². The summed E-state index contributed by atoms with van der Waals surface area (Å²) in [7, 11) is 0. The van der Waals surface area contributed by atoms with Gasteiger partial charge in [0, 0.05) is 91.7 Å². The Morgan fingerprint density at radius 3 is 1.09 bits per heavy atom. The molecule has 3 unspecified atom stereocenters. The molecule has 3 heterocycles. The van der Waals surface area contributed by atoms with Gasteiger partial charge in [0.15, 0.2) is 11.6 Å². The first-order valence-electron chi connectivity index (χ1n) is 39.5. The minimum atomic E-state index is -1.25. The normalized spacial score (nSPS) is 18.1. The molecule has 3 saturated heterocycles. The molecule has 21 heteroatoms. The van der Waals surface area contributed by atoms with Gasteiger partial charge in [-0.15, -0.1) is 23.6 Å². The van der Waals surface area contributed by atoms with Crippen molar-refractivity contribution in [2.45, 2.75) is 141 Å². The molecule has 618 valence electrons. The predicted octanol–water partition coefficient (Wildman–Crippen LogP) is 19.4. The molecule has 117 heavy (non-hydrogen) atoms. The molecule has 0 radical (unpaired) electrons. The Morgan fingerprint density at radius 1 is 0.436 bits per heavy atom. The Balaban J connectivity index is 0.000000231. The Hall–Kier alpha value is -10.6. The first kappa shape index (κ1) is 93.6. The van der Waals surface area contributed by atoms with E-state index in [1.54, 1.807) is 24.3 Å². The number of carbonyl (C=O) groups excluding carboxylic acids is 3. The van der Waals surface area contributed by atoms with Crippen molar-refractivity contribution in [2.24, 2.45) is 20.9 Å². The minimum absolute atomic E-state index is 0. The van der Waals surface area contributed by atoms with E-state index < -0.39 is 29.5 Å². The molecular weight excluding hydrogens is 1600 g/mol. The minimum Gasteiger partial charge on any atom is -0.625 e. The zero-order chi connectivity index (χ0) is 80.4. The van der Waals surface area contributed by atoms with Crippen molar-refractivity contribution in [3.05, 3.63) is 358 Å². The van der Waals surface area contributed by atoms with Crippen LogP contribution in [0.2, 0.25) is 0 Å². The summed E-state index contributed by atoms with van der Waals surface area (Å²) < 4.78 is 0. The van der Waals surface area contributed by atoms with Gasteiger partial charge in [-0.3, -0.25) is 34.5 Å². The van der Waals surface area contributed by atoms with Crippen molar-refractivity contribution >= 4 is 69.8 Å². The molecule has 9 aromatic rings. The average Bonchev–Trinajstić information content (AvgIpc) is 1.58. The summed E-state index contributed by atoms with van der Waals surface area (Å²) in [6.07, 6.45) is 18.8. The molecule has 3 aliphatic heterocycles. The number of benzene rings is 9. The number of aliphatic carboxylic acids is 3. The van der Waals surface area contributed by atoms with Crippen LogP contribution in [0.5, 0.6) is 0 Å². The second-order valence-electron chi connectivity index (χ2n) is 28.4. The van der Waals surface area contributed by atoms with Crippen molar-refractivity contribution < 1.29 is 93.6 Å². The summed E-state index contributed by atoms with van der Waals surface area (Å²) in [5.74, 6) is -3.76. The van der Waals surface area contributed by atoms with Gasteiger partial charge in [0.25, 0.3) is 0 Å². The number of hydrogen-bond donors (Lipinski definition) is 3. The largest absolute Gasteiger partial charge is 0.625 e. The summed E-state index contributed by atoms with van der Waals surface area (Å²) in [4.78, 5) is 96.1. The second kappa shape index (κ2) is 48.8. The number of rotatable bonds is 30. The number of carboxylic acid groups (broad SMARTS) is 3. The predicted molar refractivity (Wildman–Crippen MR) is 456 cm³/mol. The number of likely N-dealkylation sites (tertiary alicyclic amines) is 3. The van der Waals surface area contributed by atoms with Gasteiger partial charge in [-0.05, 0) is 124 Å². The third kappa shape index (κ3) is 27.2. The van der Waals surface area contributed by atoms with Gasteiger partial charge >= 0.3 is 17.9 Å². The Labute approximate surface area is 718 Å². The number of nitrogens with zero attached hydrogens (tertiary/aromatic N) is 9. The average molecular weight is 1700 g/mol. The van der Waals surface area contributed by atoms with Gasteiger partial charge in [0.05, 0.1) is 53.0 Å². The fourth-order valence-electron chi connectivity index (χ4n) is 14.3. The van der Waals surface area contributed by atoms with Gasteiger partial charge < -0.3 is 45.7 Å². The van der Waals surface area contributed by atoms with Crippen LogP contribution in [0, 0.1) is 5.92 Å². The summed E-state index contributed by atoms with van der Waals surface area (Å²) >= 11 is 0. The van der Waals surface area contributed by atoms with Crippen LogP contribution >= 0.6 is 0 Å². The maximum Gasteiger partial charge on any atom is 0.332 e. The van der Waals surface area contributed by atoms with Crippen LogP contribution in [0.4, 0.5) is 17.1 Å². The number of carbonyl (C=O) groups is 6. The molecule has 13 rings (SSSR count). The number of para-hydroxylation sites is 3. The van der Waals surface area contributed by atoms with E-state index in [-0.39, 0.29) is 104 Å². The smallest absolute Gasteiger partial charge is 0.332 e. The van der Waals surface area contributed by atoms with E-state index in [1.807, 2.05) is 219 Å². The summed E-state index contributed by atoms with van der Waals surface area (Å²) in [5, 5.41) is 42.8. The molecule has 1 saturated carbocycles. The van der Waals surface area contributed by atoms with E-state index in [2.05, 4.69) is 105 Å². The summed E-state index contributed by atoms with van der Waals surface area (Å²) in [6.45, 7) is 14.4. The Kier molecular flexibility index (Phi) is 39.0. The zero-order valence-corrected chi connectivity index (χ0v) is 69.2. The van der Waals surface area contributed by atoms with Crippen LogP contribution in [0.15, 0.2) is 307 Å². The van der Waals surface area contributed by atoms with E-state index >= 15 is 0 Å². The number of amides is 3. The SMILES string of the molecule is C=C[C@@H]1C[C@]1(N=C(c1ccccc1)c1ccccc1[N-]C(=O)C1CCCN1Cc1ccccc1)C(=O)O.CC/C=C/CC.CC/C=C/C[C@@H](N=C(c1ccccc1)c1ccccc1[N-]C(=O)C1CCCN1Cc1ccccc1)C(=O)O.O=C(O)CN=C(c1ccccc1)c1ccccc1[N-]C(=O)C1CCCN1Cc1ccccc1.[Ni].[Ni].[Ni]. The van der Waals surface area contributed by atoms with Gasteiger partial charge in [0.1, 0.15) is 6.54 Å². The first-order chi connectivity index (χ1) is 55.6. The molecule has 18 nitrogen and oxygen atoms in total. The maximum absolute atomic E-state index is 13.5. The quantitative estimate of drug-likeness (QED) is 0.0216. The number of hydrogen-bond acceptors (Lipinski definition) is 12. The fourth-order valence-corrected chi connectivity index (χ4v) is 14.3. The maximum atomic E-state index is 13.5. The van der Waals surface area contributed by atoms with Crippen molar-refractivity contribution in [1.82, 2.24) is 14.7 Å². The van der Waals surface area contributed by atoms with Gasteiger partial charge in [-0.2, -0.15) is 0 Å². The van der Waals surface area contributed by atoms with Crippen molar-refractivity contribution in [3.8, 4) is 0 Å². The van der Waals surface area contributed by atoms with E-state index in [4.69, 9.17) is 9.98 Å². The molecule has 0 bridgehead atoms. The Bertz CT molecular complexity index is 4800. The fraction of sp³-hybridized carbons (Fsp3) is 0.281. The van der Waals surface area contributed by atoms with Gasteiger partial charge in [0.2, 0.25) is 0 Å². The molecule has 0 aromatic heterocycles. The number of allylic oxidation sites excluding steroid dienone is 3. The first-order valence-corrected chi connectivity index (χ1v) is 39.5. The van der Waals surface area contributed by atoms with Crippen LogP contribution in [-0.4, -0.2) is 139 Å². The topological polar surface area (TPSA) is 252 Å². The molecule has 1 aliphatic carbocycles. The number of carboxylic acids is 3.